The minimum absolute atomic E-state index is 0.00167. The highest BCUT2D eigenvalue weighted by atomic mass is 127. The molecule has 10 heteroatoms. The Bertz CT molecular complexity index is 1090. The van der Waals surface area contributed by atoms with Crippen molar-refractivity contribution in [2.24, 2.45) is 0 Å². The average Bonchev–Trinajstić information content (AvgIpc) is 3.33. The molecule has 1 aromatic heterocycles. The predicted octanol–water partition coefficient (Wildman–Crippen LogP) is 4.87. The second-order valence-electron chi connectivity index (χ2n) is 6.39. The number of hydrogen-bond acceptors (Lipinski definition) is 8. The third-order valence-corrected chi connectivity index (χ3v) is 5.92. The minimum Gasteiger partial charge on any atom is -0.490 e. The fraction of sp³-hybridized carbons (Fsp3) is 0.227. The molecular formula is C22H20INO7S. The Labute approximate surface area is 202 Å². The number of ether oxygens (including phenoxy) is 3. The maximum Gasteiger partial charge on any atom is 0.373 e. The SMILES string of the molecule is C=CCOc1c(I)cc(/C=C2/SC(=O)N(Cc3ccc(C(=O)OC)o3)C2=O)cc1OCC. The van der Waals surface area contributed by atoms with E-state index in [1.807, 2.05) is 13.0 Å². The van der Waals surface area contributed by atoms with Crippen molar-refractivity contribution >= 4 is 57.5 Å². The van der Waals surface area contributed by atoms with E-state index in [1.54, 1.807) is 18.2 Å². The number of furan rings is 1. The van der Waals surface area contributed by atoms with Gasteiger partial charge >= 0.3 is 5.97 Å². The van der Waals surface area contributed by atoms with Gasteiger partial charge in [0.05, 0.1) is 28.7 Å². The molecule has 2 aromatic rings. The van der Waals surface area contributed by atoms with Crippen LogP contribution in [-0.4, -0.2) is 42.3 Å². The second-order valence-corrected chi connectivity index (χ2v) is 8.54. The highest BCUT2D eigenvalue weighted by Gasteiger charge is 2.36. The zero-order chi connectivity index (χ0) is 23.3. The van der Waals surface area contributed by atoms with Crippen molar-refractivity contribution in [3.63, 3.8) is 0 Å². The van der Waals surface area contributed by atoms with Crippen LogP contribution in [-0.2, 0) is 16.1 Å². The number of imide groups is 1. The molecule has 1 aliphatic heterocycles. The van der Waals surface area contributed by atoms with Crippen molar-refractivity contribution < 1.29 is 33.0 Å². The number of thioether (sulfide) groups is 1. The molecule has 8 nitrogen and oxygen atoms in total. The molecule has 1 aliphatic rings. The van der Waals surface area contributed by atoms with E-state index in [-0.39, 0.29) is 17.2 Å². The molecule has 2 amide bonds. The van der Waals surface area contributed by atoms with Crippen molar-refractivity contribution in [1.82, 2.24) is 4.90 Å². The molecule has 0 saturated carbocycles. The van der Waals surface area contributed by atoms with Crippen LogP contribution in [0.3, 0.4) is 0 Å². The Morgan fingerprint density at radius 2 is 2.06 bits per heavy atom. The number of carbonyl (C=O) groups excluding carboxylic acids is 3. The quantitative estimate of drug-likeness (QED) is 0.183. The molecule has 0 spiro atoms. The molecule has 0 aliphatic carbocycles. The first-order valence-corrected chi connectivity index (χ1v) is 11.4. The summed E-state index contributed by atoms with van der Waals surface area (Å²) in [7, 11) is 1.24. The summed E-state index contributed by atoms with van der Waals surface area (Å²) in [5, 5.41) is -0.428. The summed E-state index contributed by atoms with van der Waals surface area (Å²) in [5.41, 5.74) is 0.695. The van der Waals surface area contributed by atoms with Crippen LogP contribution in [0.4, 0.5) is 4.79 Å². The smallest absolute Gasteiger partial charge is 0.373 e. The third kappa shape index (κ3) is 5.36. The summed E-state index contributed by atoms with van der Waals surface area (Å²) < 4.78 is 22.1. The van der Waals surface area contributed by atoms with Crippen LogP contribution in [0, 0.1) is 3.57 Å². The lowest BCUT2D eigenvalue weighted by molar-refractivity contribution is -0.123. The number of methoxy groups -OCH3 is 1. The van der Waals surface area contributed by atoms with Gasteiger partial charge in [-0.15, -0.1) is 0 Å². The molecule has 2 heterocycles. The molecule has 0 bridgehead atoms. The number of carbonyl (C=O) groups is 3. The van der Waals surface area contributed by atoms with E-state index < -0.39 is 17.1 Å². The van der Waals surface area contributed by atoms with Crippen LogP contribution in [0.15, 0.2) is 46.2 Å². The van der Waals surface area contributed by atoms with Crippen LogP contribution in [0.25, 0.3) is 6.08 Å². The van der Waals surface area contributed by atoms with Crippen molar-refractivity contribution in [1.29, 1.82) is 0 Å². The molecule has 0 radical (unpaired) electrons. The average molecular weight is 569 g/mol. The van der Waals surface area contributed by atoms with E-state index in [2.05, 4.69) is 33.9 Å². The Hall–Kier alpha value is -2.73. The summed E-state index contributed by atoms with van der Waals surface area (Å²) in [6.45, 7) is 6.20. The van der Waals surface area contributed by atoms with Gasteiger partial charge in [-0.05, 0) is 77.2 Å². The van der Waals surface area contributed by atoms with Gasteiger partial charge in [0.2, 0.25) is 5.76 Å². The Balaban J connectivity index is 1.82. The lowest BCUT2D eigenvalue weighted by Gasteiger charge is -2.14. The van der Waals surface area contributed by atoms with Crippen LogP contribution in [0.1, 0.15) is 28.8 Å². The van der Waals surface area contributed by atoms with Crippen LogP contribution < -0.4 is 9.47 Å². The van der Waals surface area contributed by atoms with Crippen molar-refractivity contribution in [3.05, 3.63) is 62.5 Å². The van der Waals surface area contributed by atoms with Crippen molar-refractivity contribution in [2.45, 2.75) is 13.5 Å². The van der Waals surface area contributed by atoms with Gasteiger partial charge in [-0.3, -0.25) is 14.5 Å². The summed E-state index contributed by atoms with van der Waals surface area (Å²) >= 11 is 2.96. The normalized spacial score (nSPS) is 14.7. The monoisotopic (exact) mass is 569 g/mol. The molecule has 3 rings (SSSR count). The first-order chi connectivity index (χ1) is 15.4. The van der Waals surface area contributed by atoms with Crippen LogP contribution >= 0.6 is 34.4 Å². The fourth-order valence-electron chi connectivity index (χ4n) is 2.83. The highest BCUT2D eigenvalue weighted by Crippen LogP contribution is 2.38. The molecule has 1 fully saturated rings. The number of nitrogens with zero attached hydrogens (tertiary/aromatic N) is 1. The molecule has 168 valence electrons. The second kappa shape index (κ2) is 10.7. The number of halogens is 1. The number of hydrogen-bond donors (Lipinski definition) is 0. The Morgan fingerprint density at radius 1 is 1.28 bits per heavy atom. The maximum atomic E-state index is 12.8. The van der Waals surface area contributed by atoms with Crippen LogP contribution in [0.5, 0.6) is 11.5 Å². The molecule has 0 atom stereocenters. The largest absolute Gasteiger partial charge is 0.490 e. The van der Waals surface area contributed by atoms with Gasteiger partial charge < -0.3 is 18.6 Å². The van der Waals surface area contributed by atoms with E-state index in [4.69, 9.17) is 13.9 Å². The van der Waals surface area contributed by atoms with E-state index in [1.165, 1.54) is 19.2 Å². The highest BCUT2D eigenvalue weighted by molar-refractivity contribution is 14.1. The summed E-state index contributed by atoms with van der Waals surface area (Å²) in [6, 6.07) is 6.55. The van der Waals surface area contributed by atoms with Gasteiger partial charge in [-0.2, -0.15) is 0 Å². The first-order valence-electron chi connectivity index (χ1n) is 9.50. The number of esters is 1. The fourth-order valence-corrected chi connectivity index (χ4v) is 4.45. The minimum atomic E-state index is -0.634. The topological polar surface area (TPSA) is 95.3 Å². The van der Waals surface area contributed by atoms with E-state index in [0.717, 1.165) is 20.2 Å². The van der Waals surface area contributed by atoms with E-state index in [0.29, 0.717) is 36.0 Å². The number of amides is 2. The molecule has 1 aromatic carbocycles. The first kappa shape index (κ1) is 23.9. The molecule has 0 N–H and O–H groups in total. The van der Waals surface area contributed by atoms with E-state index >= 15 is 0 Å². The summed E-state index contributed by atoms with van der Waals surface area (Å²) in [6.07, 6.45) is 3.28. The molecule has 0 unspecified atom stereocenters. The van der Waals surface area contributed by atoms with Gasteiger partial charge in [-0.1, -0.05) is 12.7 Å². The molecular weight excluding hydrogens is 549 g/mol. The van der Waals surface area contributed by atoms with Crippen molar-refractivity contribution in [2.75, 3.05) is 20.3 Å². The Morgan fingerprint density at radius 3 is 2.75 bits per heavy atom. The standard InChI is InChI=1S/C22H20INO7S/c1-4-8-30-19-15(23)9-13(10-17(19)29-5-2)11-18-20(25)24(22(27)32-18)12-14-6-7-16(31-14)21(26)28-3/h4,6-7,9-11H,1,5,8,12H2,2-3H3/b18-11+. The van der Waals surface area contributed by atoms with Gasteiger partial charge in [0.25, 0.3) is 11.1 Å². The molecule has 32 heavy (non-hydrogen) atoms. The lowest BCUT2D eigenvalue weighted by atomic mass is 10.2. The zero-order valence-corrected chi connectivity index (χ0v) is 20.4. The van der Waals surface area contributed by atoms with Gasteiger partial charge in [0.1, 0.15) is 12.4 Å². The summed E-state index contributed by atoms with van der Waals surface area (Å²) in [5.74, 6) is 0.351. The zero-order valence-electron chi connectivity index (χ0n) is 17.4. The van der Waals surface area contributed by atoms with Gasteiger partial charge in [0, 0.05) is 0 Å². The van der Waals surface area contributed by atoms with E-state index in [9.17, 15) is 14.4 Å². The maximum absolute atomic E-state index is 12.8. The van der Waals surface area contributed by atoms with Crippen LogP contribution in [0.2, 0.25) is 0 Å². The summed E-state index contributed by atoms with van der Waals surface area (Å²) in [4.78, 5) is 38.1. The Kier molecular flexibility index (Phi) is 8.02. The number of rotatable bonds is 9. The lowest BCUT2D eigenvalue weighted by Crippen LogP contribution is -2.27. The van der Waals surface area contributed by atoms with Gasteiger partial charge in [-0.25, -0.2) is 4.79 Å². The molecule has 1 saturated heterocycles. The number of benzene rings is 1. The van der Waals surface area contributed by atoms with Gasteiger partial charge in [0.15, 0.2) is 11.5 Å². The predicted molar refractivity (Wildman–Crippen MR) is 128 cm³/mol. The third-order valence-electron chi connectivity index (χ3n) is 4.21. The van der Waals surface area contributed by atoms with Crippen molar-refractivity contribution in [3.8, 4) is 11.5 Å².